The van der Waals surface area contributed by atoms with Crippen LogP contribution in [0.25, 0.3) is 99.5 Å². The number of para-hydroxylation sites is 5. The zero-order chi connectivity index (χ0) is 58.4. The van der Waals surface area contributed by atoms with E-state index in [4.69, 9.17) is 0 Å². The zero-order valence-corrected chi connectivity index (χ0v) is 47.6. The molecule has 408 valence electrons. The Morgan fingerprint density at radius 2 is 0.586 bits per heavy atom. The molecule has 0 saturated heterocycles. The second-order valence-corrected chi connectivity index (χ2v) is 22.0. The lowest BCUT2D eigenvalue weighted by atomic mass is 9.85. The van der Waals surface area contributed by atoms with E-state index in [0.717, 1.165) is 117 Å². The molecule has 15 aromatic rings. The molecule has 6 heteroatoms. The lowest BCUT2D eigenvalue weighted by molar-refractivity contribution is 1.18. The van der Waals surface area contributed by atoms with E-state index in [9.17, 15) is 10.5 Å². The van der Waals surface area contributed by atoms with Crippen molar-refractivity contribution < 1.29 is 0 Å². The number of fused-ring (bicyclic) bond motifs is 6. The van der Waals surface area contributed by atoms with E-state index in [1.807, 2.05) is 48.5 Å². The van der Waals surface area contributed by atoms with Crippen molar-refractivity contribution in [1.82, 2.24) is 9.13 Å². The van der Waals surface area contributed by atoms with Crippen molar-refractivity contribution in [3.05, 3.63) is 326 Å². The highest BCUT2D eigenvalue weighted by atomic mass is 15.1. The maximum atomic E-state index is 9.92. The molecule has 2 heterocycles. The van der Waals surface area contributed by atoms with Crippen LogP contribution < -0.4 is 9.80 Å². The summed E-state index contributed by atoms with van der Waals surface area (Å²) in [5.41, 5.74) is 23.7. The predicted octanol–water partition coefficient (Wildman–Crippen LogP) is 21.5. The first-order valence-corrected chi connectivity index (χ1v) is 29.3. The van der Waals surface area contributed by atoms with Crippen molar-refractivity contribution in [2.75, 3.05) is 9.80 Å². The normalized spacial score (nSPS) is 11.3. The summed E-state index contributed by atoms with van der Waals surface area (Å²) in [5.74, 6) is 0. The third-order valence-electron chi connectivity index (χ3n) is 16.8. The molecular formula is C81H54N6. The predicted molar refractivity (Wildman–Crippen MR) is 360 cm³/mol. The molecule has 0 amide bonds. The summed E-state index contributed by atoms with van der Waals surface area (Å²) in [5, 5.41) is 24.5. The molecule has 0 aliphatic carbocycles. The minimum Gasteiger partial charge on any atom is -0.310 e. The van der Waals surface area contributed by atoms with E-state index in [-0.39, 0.29) is 0 Å². The summed E-state index contributed by atoms with van der Waals surface area (Å²) in [7, 11) is 0. The lowest BCUT2D eigenvalue weighted by Gasteiger charge is -2.26. The number of nitriles is 2. The molecule has 87 heavy (non-hydrogen) atoms. The molecule has 0 aliphatic rings. The van der Waals surface area contributed by atoms with Gasteiger partial charge in [0, 0.05) is 67.0 Å². The van der Waals surface area contributed by atoms with Crippen molar-refractivity contribution in [3.63, 3.8) is 0 Å². The Morgan fingerprint density at radius 3 is 0.966 bits per heavy atom. The second-order valence-electron chi connectivity index (χ2n) is 22.0. The van der Waals surface area contributed by atoms with E-state index >= 15 is 0 Å². The van der Waals surface area contributed by atoms with Gasteiger partial charge in [0.2, 0.25) is 0 Å². The third kappa shape index (κ3) is 9.41. The first-order chi connectivity index (χ1) is 43.0. The van der Waals surface area contributed by atoms with Crippen molar-refractivity contribution in [3.8, 4) is 68.0 Å². The third-order valence-corrected chi connectivity index (χ3v) is 16.8. The Hall–Kier alpha value is -12.0. The van der Waals surface area contributed by atoms with Gasteiger partial charge in [-0.05, 0) is 215 Å². The summed E-state index contributed by atoms with van der Waals surface area (Å²) in [6.07, 6.45) is 0. The van der Waals surface area contributed by atoms with Gasteiger partial charge in [0.1, 0.15) is 0 Å². The van der Waals surface area contributed by atoms with E-state index in [2.05, 4.69) is 299 Å². The molecule has 13 aromatic carbocycles. The van der Waals surface area contributed by atoms with Crippen molar-refractivity contribution in [1.29, 1.82) is 10.5 Å². The van der Waals surface area contributed by atoms with Gasteiger partial charge in [-0.3, -0.25) is 0 Å². The minimum absolute atomic E-state index is 0.597. The van der Waals surface area contributed by atoms with Gasteiger partial charge in [0.05, 0.1) is 45.3 Å². The van der Waals surface area contributed by atoms with Crippen LogP contribution in [0.4, 0.5) is 34.1 Å². The Kier molecular flexibility index (Phi) is 13.1. The van der Waals surface area contributed by atoms with Crippen LogP contribution in [0.5, 0.6) is 0 Å². The highest BCUT2D eigenvalue weighted by molar-refractivity contribution is 6.12. The van der Waals surface area contributed by atoms with Crippen LogP contribution in [0.1, 0.15) is 16.7 Å². The Balaban J connectivity index is 0.859. The van der Waals surface area contributed by atoms with Gasteiger partial charge in [-0.15, -0.1) is 0 Å². The van der Waals surface area contributed by atoms with Crippen LogP contribution in [0.3, 0.4) is 0 Å². The summed E-state index contributed by atoms with van der Waals surface area (Å²) in [6, 6.07) is 114. The summed E-state index contributed by atoms with van der Waals surface area (Å²) in [4.78, 5) is 4.65. The Bertz CT molecular complexity index is 5110. The average molecular weight is 1110 g/mol. The average Bonchev–Trinajstić information content (AvgIpc) is 1.83. The van der Waals surface area contributed by atoms with Crippen LogP contribution in [0, 0.1) is 29.6 Å². The number of anilines is 6. The monoisotopic (exact) mass is 1110 g/mol. The van der Waals surface area contributed by atoms with Crippen molar-refractivity contribution in [2.24, 2.45) is 0 Å². The number of aromatic nitrogens is 2. The molecule has 0 fully saturated rings. The fraction of sp³-hybridized carbons (Fsp3) is 0.0123. The zero-order valence-electron chi connectivity index (χ0n) is 47.6. The molecule has 0 aliphatic heterocycles. The molecule has 0 saturated carbocycles. The summed E-state index contributed by atoms with van der Waals surface area (Å²) in [6.45, 7) is 2.14. The van der Waals surface area contributed by atoms with Crippen LogP contribution in [-0.4, -0.2) is 9.13 Å². The molecular weight excluding hydrogens is 1060 g/mol. The SMILES string of the molecule is Cc1cccc(N(c2ccccc2)c2ccc3c(c2)c2ccccc2n3-c2ccc(-c3cc(-c4ccc(-n5c6ccccc6c6cc(N(c7ccccc7)c7ccccc7)ccc65)cc4)c(-c4ccc(C#N)cc4)cc3-c3ccc(C#N)cc3)cc2)c1. The Morgan fingerprint density at radius 1 is 0.264 bits per heavy atom. The number of hydrogen-bond acceptors (Lipinski definition) is 4. The summed E-state index contributed by atoms with van der Waals surface area (Å²) < 4.78 is 4.75. The first kappa shape index (κ1) is 51.9. The van der Waals surface area contributed by atoms with Crippen LogP contribution >= 0.6 is 0 Å². The van der Waals surface area contributed by atoms with Gasteiger partial charge in [0.25, 0.3) is 0 Å². The maximum absolute atomic E-state index is 9.92. The second kappa shape index (κ2) is 22.0. The van der Waals surface area contributed by atoms with Crippen molar-refractivity contribution in [2.45, 2.75) is 6.92 Å². The fourth-order valence-corrected chi connectivity index (χ4v) is 12.7. The van der Waals surface area contributed by atoms with Gasteiger partial charge >= 0.3 is 0 Å². The number of rotatable bonds is 12. The van der Waals surface area contributed by atoms with E-state index in [1.165, 1.54) is 21.7 Å². The van der Waals surface area contributed by atoms with Crippen LogP contribution in [0.2, 0.25) is 0 Å². The highest BCUT2D eigenvalue weighted by Crippen LogP contribution is 2.46. The number of hydrogen-bond donors (Lipinski definition) is 0. The molecule has 2 aromatic heterocycles. The molecule has 6 nitrogen and oxygen atoms in total. The Labute approximate surface area is 505 Å². The lowest BCUT2D eigenvalue weighted by Crippen LogP contribution is -2.09. The van der Waals surface area contributed by atoms with Crippen LogP contribution in [0.15, 0.2) is 309 Å². The number of aryl methyl sites for hydroxylation is 1. The number of nitrogens with zero attached hydrogens (tertiary/aromatic N) is 6. The number of benzene rings is 13. The maximum Gasteiger partial charge on any atom is 0.0991 e. The van der Waals surface area contributed by atoms with Gasteiger partial charge in [-0.2, -0.15) is 10.5 Å². The highest BCUT2D eigenvalue weighted by Gasteiger charge is 2.22. The fourth-order valence-electron chi connectivity index (χ4n) is 12.7. The first-order valence-electron chi connectivity index (χ1n) is 29.3. The molecule has 0 radical (unpaired) electrons. The van der Waals surface area contributed by atoms with E-state index < -0.39 is 0 Å². The van der Waals surface area contributed by atoms with E-state index in [1.54, 1.807) is 0 Å². The molecule has 0 unspecified atom stereocenters. The molecule has 15 rings (SSSR count). The van der Waals surface area contributed by atoms with Crippen LogP contribution in [-0.2, 0) is 0 Å². The molecule has 0 spiro atoms. The smallest absolute Gasteiger partial charge is 0.0991 e. The molecule has 0 atom stereocenters. The standard InChI is InChI=1S/C81H54N6/c1-55-16-15-23-67(48-55)85(64-21-9-4-10-22-64)69-45-47-81-77(50-69)71-25-12-14-27-79(71)87(81)66-42-38-61(39-43-66)75-52-74(72(58-32-28-56(53-82)29-33-58)51-73(75)59-34-30-57(54-83)31-35-59)60-36-40-65(41-37-60)86-78-26-13-11-24-70(78)76-49-68(44-46-80(76)86)84(62-17-5-2-6-18-62)63-19-7-3-8-20-63/h2-52H,1H3. The van der Waals surface area contributed by atoms with Gasteiger partial charge in [0.15, 0.2) is 0 Å². The summed E-state index contributed by atoms with van der Waals surface area (Å²) >= 11 is 0. The molecule has 0 bridgehead atoms. The quantitative estimate of drug-likeness (QED) is 0.122. The topological polar surface area (TPSA) is 63.9 Å². The van der Waals surface area contributed by atoms with Gasteiger partial charge in [-0.25, -0.2) is 0 Å². The minimum atomic E-state index is 0.597. The van der Waals surface area contributed by atoms with Gasteiger partial charge in [-0.1, -0.05) is 152 Å². The largest absolute Gasteiger partial charge is 0.310 e. The van der Waals surface area contributed by atoms with Gasteiger partial charge < -0.3 is 18.9 Å². The van der Waals surface area contributed by atoms with E-state index in [0.29, 0.717) is 11.1 Å². The van der Waals surface area contributed by atoms with Crippen molar-refractivity contribution >= 4 is 77.7 Å². The molecule has 0 N–H and O–H groups in total.